The van der Waals surface area contributed by atoms with E-state index in [9.17, 15) is 14.4 Å². The SMILES string of the molecule is O=C(CN1C(=O)[C@H]2CC=CC[C@H]2C1=O)OCc1ccccc1. The number of ether oxygens (including phenoxy) is 1. The van der Waals surface area contributed by atoms with E-state index in [-0.39, 0.29) is 36.8 Å². The molecular weight excluding hydrogens is 282 g/mol. The Morgan fingerprint density at radius 1 is 1.05 bits per heavy atom. The second-order valence-corrected chi connectivity index (χ2v) is 5.56. The van der Waals surface area contributed by atoms with Gasteiger partial charge in [-0.2, -0.15) is 0 Å². The van der Waals surface area contributed by atoms with E-state index >= 15 is 0 Å². The topological polar surface area (TPSA) is 63.7 Å². The molecule has 2 atom stereocenters. The third kappa shape index (κ3) is 2.79. The number of allylic oxidation sites excluding steroid dienone is 2. The van der Waals surface area contributed by atoms with Crippen molar-refractivity contribution in [2.75, 3.05) is 6.54 Å². The molecule has 22 heavy (non-hydrogen) atoms. The Hall–Kier alpha value is -2.43. The van der Waals surface area contributed by atoms with Crippen LogP contribution in [0.5, 0.6) is 0 Å². The van der Waals surface area contributed by atoms with Crippen molar-refractivity contribution in [1.82, 2.24) is 4.90 Å². The molecule has 0 saturated carbocycles. The van der Waals surface area contributed by atoms with Crippen molar-refractivity contribution in [2.24, 2.45) is 11.8 Å². The summed E-state index contributed by atoms with van der Waals surface area (Å²) in [4.78, 5) is 37.4. The number of amides is 2. The molecule has 0 N–H and O–H groups in total. The second kappa shape index (κ2) is 6.13. The van der Waals surface area contributed by atoms with E-state index in [1.165, 1.54) is 0 Å². The van der Waals surface area contributed by atoms with Gasteiger partial charge in [-0.1, -0.05) is 42.5 Å². The van der Waals surface area contributed by atoms with Crippen molar-refractivity contribution in [3.63, 3.8) is 0 Å². The molecule has 1 aliphatic heterocycles. The number of benzene rings is 1. The highest BCUT2D eigenvalue weighted by atomic mass is 16.5. The minimum absolute atomic E-state index is 0.143. The molecule has 0 unspecified atom stereocenters. The number of likely N-dealkylation sites (tertiary alicyclic amines) is 1. The zero-order valence-electron chi connectivity index (χ0n) is 12.1. The van der Waals surface area contributed by atoms with E-state index in [1.807, 2.05) is 42.5 Å². The molecule has 1 fully saturated rings. The molecule has 1 aliphatic carbocycles. The van der Waals surface area contributed by atoms with E-state index in [2.05, 4.69) is 0 Å². The van der Waals surface area contributed by atoms with Crippen LogP contribution in [0.3, 0.4) is 0 Å². The molecule has 0 spiro atoms. The molecule has 2 aliphatic rings. The molecule has 5 nitrogen and oxygen atoms in total. The maximum absolute atomic E-state index is 12.2. The normalized spacial score (nSPS) is 23.5. The van der Waals surface area contributed by atoms with Gasteiger partial charge in [-0.15, -0.1) is 0 Å². The van der Waals surface area contributed by atoms with Gasteiger partial charge in [-0.05, 0) is 18.4 Å². The van der Waals surface area contributed by atoms with Crippen molar-refractivity contribution >= 4 is 17.8 Å². The first-order valence-corrected chi connectivity index (χ1v) is 7.36. The number of rotatable bonds is 4. The first-order chi connectivity index (χ1) is 10.7. The molecule has 0 bridgehead atoms. The van der Waals surface area contributed by atoms with Crippen LogP contribution < -0.4 is 0 Å². The van der Waals surface area contributed by atoms with Crippen molar-refractivity contribution < 1.29 is 19.1 Å². The van der Waals surface area contributed by atoms with Gasteiger partial charge in [0.1, 0.15) is 13.2 Å². The fourth-order valence-corrected chi connectivity index (χ4v) is 2.94. The van der Waals surface area contributed by atoms with Crippen molar-refractivity contribution in [1.29, 1.82) is 0 Å². The van der Waals surface area contributed by atoms with Crippen molar-refractivity contribution in [2.45, 2.75) is 19.4 Å². The lowest BCUT2D eigenvalue weighted by atomic mass is 9.85. The van der Waals surface area contributed by atoms with Crippen molar-refractivity contribution in [3.8, 4) is 0 Å². The predicted octanol–water partition coefficient (Wildman–Crippen LogP) is 1.68. The van der Waals surface area contributed by atoms with Crippen LogP contribution in [0.1, 0.15) is 18.4 Å². The molecule has 1 saturated heterocycles. The Labute approximate surface area is 128 Å². The van der Waals surface area contributed by atoms with Crippen LogP contribution in [-0.4, -0.2) is 29.2 Å². The molecule has 1 aromatic carbocycles. The number of fused-ring (bicyclic) bond motifs is 1. The maximum atomic E-state index is 12.2. The van der Waals surface area contributed by atoms with Crippen LogP contribution in [0.4, 0.5) is 0 Å². The molecule has 1 aromatic rings. The highest BCUT2D eigenvalue weighted by Gasteiger charge is 2.47. The summed E-state index contributed by atoms with van der Waals surface area (Å²) in [5.74, 6) is -1.68. The molecule has 2 amide bonds. The molecule has 5 heteroatoms. The van der Waals surface area contributed by atoms with Gasteiger partial charge in [0.15, 0.2) is 0 Å². The lowest BCUT2D eigenvalue weighted by Crippen LogP contribution is -2.36. The van der Waals surface area contributed by atoms with E-state index < -0.39 is 5.97 Å². The van der Waals surface area contributed by atoms with Gasteiger partial charge in [0, 0.05) is 0 Å². The zero-order chi connectivity index (χ0) is 15.5. The first-order valence-electron chi connectivity index (χ1n) is 7.36. The van der Waals surface area contributed by atoms with E-state index in [1.54, 1.807) is 0 Å². The standard InChI is InChI=1S/C17H17NO4/c19-15(22-11-12-6-2-1-3-7-12)10-18-16(20)13-8-4-5-9-14(13)17(18)21/h1-7,13-14H,8-11H2/t13-,14+. The Balaban J connectivity index is 1.57. The average Bonchev–Trinajstić information content (AvgIpc) is 2.79. The van der Waals surface area contributed by atoms with Crippen LogP contribution in [0, 0.1) is 11.8 Å². The third-order valence-corrected chi connectivity index (χ3v) is 4.13. The predicted molar refractivity (Wildman–Crippen MR) is 78.3 cm³/mol. The second-order valence-electron chi connectivity index (χ2n) is 5.56. The summed E-state index contributed by atoms with van der Waals surface area (Å²) in [6.45, 7) is -0.151. The summed E-state index contributed by atoms with van der Waals surface area (Å²) < 4.78 is 5.14. The average molecular weight is 299 g/mol. The van der Waals surface area contributed by atoms with Gasteiger partial charge in [-0.25, -0.2) is 0 Å². The van der Waals surface area contributed by atoms with E-state index in [4.69, 9.17) is 4.74 Å². The Kier molecular flexibility index (Phi) is 4.04. The summed E-state index contributed by atoms with van der Waals surface area (Å²) in [6.07, 6.45) is 4.99. The zero-order valence-corrected chi connectivity index (χ0v) is 12.1. The fourth-order valence-electron chi connectivity index (χ4n) is 2.94. The van der Waals surface area contributed by atoms with Crippen LogP contribution in [-0.2, 0) is 25.7 Å². The van der Waals surface area contributed by atoms with Crippen LogP contribution >= 0.6 is 0 Å². The summed E-state index contributed by atoms with van der Waals surface area (Å²) in [5.41, 5.74) is 0.868. The van der Waals surface area contributed by atoms with Crippen molar-refractivity contribution in [3.05, 3.63) is 48.0 Å². The number of carbonyl (C=O) groups is 3. The van der Waals surface area contributed by atoms with Gasteiger partial charge in [-0.3, -0.25) is 19.3 Å². The molecule has 3 rings (SSSR count). The van der Waals surface area contributed by atoms with Gasteiger partial charge >= 0.3 is 5.97 Å². The Morgan fingerprint density at radius 2 is 1.64 bits per heavy atom. The Bertz CT molecular complexity index is 597. The van der Waals surface area contributed by atoms with Crippen LogP contribution in [0.15, 0.2) is 42.5 Å². The third-order valence-electron chi connectivity index (χ3n) is 4.13. The lowest BCUT2D eigenvalue weighted by molar-refractivity contribution is -0.153. The molecule has 114 valence electrons. The van der Waals surface area contributed by atoms with Gasteiger partial charge < -0.3 is 4.74 Å². The number of hydrogen-bond acceptors (Lipinski definition) is 4. The molecular formula is C17H17NO4. The van der Waals surface area contributed by atoms with E-state index in [0.29, 0.717) is 12.8 Å². The molecule has 1 heterocycles. The number of esters is 1. The van der Waals surface area contributed by atoms with E-state index in [0.717, 1.165) is 10.5 Å². The first kappa shape index (κ1) is 14.5. The highest BCUT2D eigenvalue weighted by Crippen LogP contribution is 2.34. The number of carbonyl (C=O) groups excluding carboxylic acids is 3. The largest absolute Gasteiger partial charge is 0.459 e. The number of imide groups is 1. The van der Waals surface area contributed by atoms with Crippen LogP contribution in [0.25, 0.3) is 0 Å². The molecule has 0 aromatic heterocycles. The monoisotopic (exact) mass is 299 g/mol. The summed E-state index contributed by atoms with van der Waals surface area (Å²) in [6, 6.07) is 9.28. The van der Waals surface area contributed by atoms with Gasteiger partial charge in [0.2, 0.25) is 11.8 Å². The quantitative estimate of drug-likeness (QED) is 0.482. The highest BCUT2D eigenvalue weighted by molar-refractivity contribution is 6.07. The molecule has 0 radical (unpaired) electrons. The minimum atomic E-state index is -0.558. The maximum Gasteiger partial charge on any atom is 0.326 e. The summed E-state index contributed by atoms with van der Waals surface area (Å²) in [5, 5.41) is 0. The van der Waals surface area contributed by atoms with Gasteiger partial charge in [0.25, 0.3) is 0 Å². The number of nitrogens with zero attached hydrogens (tertiary/aromatic N) is 1. The van der Waals surface area contributed by atoms with Gasteiger partial charge in [0.05, 0.1) is 11.8 Å². The summed E-state index contributed by atoms with van der Waals surface area (Å²) in [7, 11) is 0. The lowest BCUT2D eigenvalue weighted by Gasteiger charge is -2.14. The fraction of sp³-hybridized carbons (Fsp3) is 0.353. The number of hydrogen-bond donors (Lipinski definition) is 0. The Morgan fingerprint density at radius 3 is 2.23 bits per heavy atom. The van der Waals surface area contributed by atoms with Crippen LogP contribution in [0.2, 0.25) is 0 Å². The minimum Gasteiger partial charge on any atom is -0.459 e. The summed E-state index contributed by atoms with van der Waals surface area (Å²) >= 11 is 0. The smallest absolute Gasteiger partial charge is 0.326 e.